The summed E-state index contributed by atoms with van der Waals surface area (Å²) in [6, 6.07) is 8.55. The van der Waals surface area contributed by atoms with Crippen molar-refractivity contribution in [1.82, 2.24) is 10.6 Å². The fourth-order valence-corrected chi connectivity index (χ4v) is 4.24. The molecule has 1 aromatic rings. The van der Waals surface area contributed by atoms with Gasteiger partial charge in [-0.3, -0.25) is 4.79 Å². The van der Waals surface area contributed by atoms with Gasteiger partial charge in [0, 0.05) is 6.54 Å². The molecule has 3 heteroatoms. The van der Waals surface area contributed by atoms with Crippen molar-refractivity contribution in [1.29, 1.82) is 0 Å². The number of piperidine rings is 1. The summed E-state index contributed by atoms with van der Waals surface area (Å²) in [6.45, 7) is 7.36. The fourth-order valence-electron chi connectivity index (χ4n) is 4.24. The maximum Gasteiger partial charge on any atom is 0.230 e. The van der Waals surface area contributed by atoms with Gasteiger partial charge in [-0.15, -0.1) is 0 Å². The Balaban J connectivity index is 1.74. The minimum atomic E-state index is -0.296. The van der Waals surface area contributed by atoms with E-state index in [4.69, 9.17) is 0 Å². The van der Waals surface area contributed by atoms with E-state index >= 15 is 0 Å². The van der Waals surface area contributed by atoms with Gasteiger partial charge in [-0.1, -0.05) is 49.6 Å². The summed E-state index contributed by atoms with van der Waals surface area (Å²) < 4.78 is 0. The van der Waals surface area contributed by atoms with Gasteiger partial charge in [-0.25, -0.2) is 0 Å². The fraction of sp³-hybridized carbons (Fsp3) is 0.650. The van der Waals surface area contributed by atoms with Crippen LogP contribution in [-0.4, -0.2) is 25.5 Å². The molecule has 0 bridgehead atoms. The lowest BCUT2D eigenvalue weighted by Crippen LogP contribution is -2.48. The van der Waals surface area contributed by atoms with Crippen LogP contribution in [0.5, 0.6) is 0 Å². The first-order valence-corrected chi connectivity index (χ1v) is 9.10. The molecule has 2 fully saturated rings. The van der Waals surface area contributed by atoms with Crippen LogP contribution in [0.25, 0.3) is 0 Å². The largest absolute Gasteiger partial charge is 0.355 e. The van der Waals surface area contributed by atoms with E-state index in [9.17, 15) is 4.79 Å². The lowest BCUT2D eigenvalue weighted by Gasteiger charge is -2.36. The summed E-state index contributed by atoms with van der Waals surface area (Å²) in [5.41, 5.74) is 2.40. The molecule has 1 saturated heterocycles. The zero-order chi connectivity index (χ0) is 16.3. The molecule has 1 aromatic carbocycles. The quantitative estimate of drug-likeness (QED) is 0.895. The summed E-state index contributed by atoms with van der Waals surface area (Å²) in [6.07, 6.45) is 6.57. The van der Waals surface area contributed by atoms with E-state index in [0.29, 0.717) is 0 Å². The van der Waals surface area contributed by atoms with E-state index in [1.165, 1.54) is 11.1 Å². The molecule has 126 valence electrons. The van der Waals surface area contributed by atoms with Crippen molar-refractivity contribution < 1.29 is 4.79 Å². The normalized spacial score (nSPS) is 22.7. The molecule has 0 unspecified atom stereocenters. The molecule has 1 aliphatic heterocycles. The van der Waals surface area contributed by atoms with Gasteiger partial charge < -0.3 is 10.6 Å². The second-order valence-electron chi connectivity index (χ2n) is 7.90. The summed E-state index contributed by atoms with van der Waals surface area (Å²) in [5, 5.41) is 6.74. The summed E-state index contributed by atoms with van der Waals surface area (Å²) >= 11 is 0. The monoisotopic (exact) mass is 314 g/mol. The molecular weight excluding hydrogens is 284 g/mol. The van der Waals surface area contributed by atoms with E-state index < -0.39 is 0 Å². The Morgan fingerprint density at radius 3 is 2.52 bits per heavy atom. The van der Waals surface area contributed by atoms with Crippen molar-refractivity contribution in [3.8, 4) is 0 Å². The smallest absolute Gasteiger partial charge is 0.230 e. The van der Waals surface area contributed by atoms with E-state index in [2.05, 4.69) is 48.7 Å². The van der Waals surface area contributed by atoms with Crippen LogP contribution in [0.1, 0.15) is 56.6 Å². The molecule has 2 N–H and O–H groups in total. The minimum Gasteiger partial charge on any atom is -0.355 e. The average molecular weight is 314 g/mol. The number of aryl methyl sites for hydroxylation is 1. The number of benzene rings is 1. The number of nitrogens with one attached hydrogen (secondary N) is 2. The van der Waals surface area contributed by atoms with Gasteiger partial charge in [0.2, 0.25) is 5.91 Å². The van der Waals surface area contributed by atoms with Crippen LogP contribution in [-0.2, 0) is 10.2 Å². The zero-order valence-electron chi connectivity index (χ0n) is 14.6. The third kappa shape index (κ3) is 3.45. The highest BCUT2D eigenvalue weighted by atomic mass is 16.2. The highest BCUT2D eigenvalue weighted by Gasteiger charge is 2.43. The van der Waals surface area contributed by atoms with Crippen molar-refractivity contribution in [3.63, 3.8) is 0 Å². The predicted octanol–water partition coefficient (Wildman–Crippen LogP) is 3.31. The SMILES string of the molecule is Cc1cccc(C2(C(=O)NCC3(C)CCNCC3)CCCC2)c1. The number of carbonyl (C=O) groups is 1. The molecule has 1 amide bonds. The van der Waals surface area contributed by atoms with Crippen LogP contribution >= 0.6 is 0 Å². The van der Waals surface area contributed by atoms with Gasteiger partial charge in [0.25, 0.3) is 0 Å². The topological polar surface area (TPSA) is 41.1 Å². The number of carbonyl (C=O) groups excluding carboxylic acids is 1. The Morgan fingerprint density at radius 1 is 1.17 bits per heavy atom. The van der Waals surface area contributed by atoms with Crippen molar-refractivity contribution >= 4 is 5.91 Å². The summed E-state index contributed by atoms with van der Waals surface area (Å²) in [4.78, 5) is 13.1. The van der Waals surface area contributed by atoms with Gasteiger partial charge in [0.05, 0.1) is 5.41 Å². The number of hydrogen-bond donors (Lipinski definition) is 2. The first-order valence-electron chi connectivity index (χ1n) is 9.10. The Kier molecular flexibility index (Phi) is 4.77. The Hall–Kier alpha value is -1.35. The lowest BCUT2D eigenvalue weighted by molar-refractivity contribution is -0.127. The molecule has 1 saturated carbocycles. The molecule has 0 spiro atoms. The molecular formula is C20H30N2O. The van der Waals surface area contributed by atoms with Gasteiger partial charge >= 0.3 is 0 Å². The van der Waals surface area contributed by atoms with Crippen LogP contribution in [0.2, 0.25) is 0 Å². The van der Waals surface area contributed by atoms with Crippen molar-refractivity contribution in [3.05, 3.63) is 35.4 Å². The zero-order valence-corrected chi connectivity index (χ0v) is 14.6. The standard InChI is InChI=1S/C20H30N2O/c1-16-6-5-7-17(14-16)20(8-3-4-9-20)18(23)22-15-19(2)10-12-21-13-11-19/h5-7,14,21H,3-4,8-13,15H2,1-2H3,(H,22,23). The number of rotatable bonds is 4. The predicted molar refractivity (Wildman–Crippen MR) is 94.5 cm³/mol. The van der Waals surface area contributed by atoms with Crippen LogP contribution in [0.15, 0.2) is 24.3 Å². The third-order valence-electron chi connectivity index (χ3n) is 5.95. The van der Waals surface area contributed by atoms with Gasteiger partial charge in [-0.05, 0) is 56.7 Å². The molecule has 0 atom stereocenters. The number of hydrogen-bond acceptors (Lipinski definition) is 2. The third-order valence-corrected chi connectivity index (χ3v) is 5.95. The average Bonchev–Trinajstić information content (AvgIpc) is 3.04. The molecule has 23 heavy (non-hydrogen) atoms. The van der Waals surface area contributed by atoms with Crippen molar-refractivity contribution in [2.45, 2.75) is 57.8 Å². The second kappa shape index (κ2) is 6.64. The number of amides is 1. The van der Waals surface area contributed by atoms with E-state index in [1.807, 2.05) is 0 Å². The first kappa shape index (κ1) is 16.5. The minimum absolute atomic E-state index is 0.243. The Morgan fingerprint density at radius 2 is 1.87 bits per heavy atom. The molecule has 0 aromatic heterocycles. The Bertz CT molecular complexity index is 555. The lowest BCUT2D eigenvalue weighted by atomic mass is 9.76. The van der Waals surface area contributed by atoms with Gasteiger partial charge in [-0.2, -0.15) is 0 Å². The van der Waals surface area contributed by atoms with Crippen LogP contribution < -0.4 is 10.6 Å². The first-order chi connectivity index (χ1) is 11.0. The van der Waals surface area contributed by atoms with Crippen LogP contribution in [0.4, 0.5) is 0 Å². The molecule has 1 heterocycles. The van der Waals surface area contributed by atoms with Gasteiger partial charge in [0.1, 0.15) is 0 Å². The molecule has 3 nitrogen and oxygen atoms in total. The van der Waals surface area contributed by atoms with E-state index in [0.717, 1.165) is 58.2 Å². The second-order valence-corrected chi connectivity index (χ2v) is 7.90. The maximum absolute atomic E-state index is 13.1. The highest BCUT2D eigenvalue weighted by molar-refractivity contribution is 5.88. The van der Waals surface area contributed by atoms with Crippen LogP contribution in [0, 0.1) is 12.3 Å². The Labute approximate surface area is 140 Å². The van der Waals surface area contributed by atoms with Gasteiger partial charge in [0.15, 0.2) is 0 Å². The molecule has 0 radical (unpaired) electrons. The molecule has 3 rings (SSSR count). The van der Waals surface area contributed by atoms with E-state index in [-0.39, 0.29) is 16.7 Å². The van der Waals surface area contributed by atoms with E-state index in [1.54, 1.807) is 0 Å². The maximum atomic E-state index is 13.1. The van der Waals surface area contributed by atoms with Crippen molar-refractivity contribution in [2.75, 3.05) is 19.6 Å². The summed E-state index contributed by atoms with van der Waals surface area (Å²) in [7, 11) is 0. The summed E-state index contributed by atoms with van der Waals surface area (Å²) in [5.74, 6) is 0.250. The molecule has 1 aliphatic carbocycles. The molecule has 2 aliphatic rings. The van der Waals surface area contributed by atoms with Crippen molar-refractivity contribution in [2.24, 2.45) is 5.41 Å². The highest BCUT2D eigenvalue weighted by Crippen LogP contribution is 2.42. The van der Waals surface area contributed by atoms with Crippen LogP contribution in [0.3, 0.4) is 0 Å².